The first-order chi connectivity index (χ1) is 18.4. The number of aromatic nitrogens is 3. The van der Waals surface area contributed by atoms with Gasteiger partial charge in [0, 0.05) is 24.4 Å². The zero-order valence-corrected chi connectivity index (χ0v) is 20.5. The number of nitrogens with zero attached hydrogens (tertiary/aromatic N) is 3. The maximum Gasteiger partial charge on any atom is 0.352 e. The van der Waals surface area contributed by atoms with Crippen LogP contribution in [0.4, 0.5) is 4.39 Å². The standard InChI is InChI=1S/C27H21ClFN5O4/c28-23-18(8-4-10-20(23)29)21-11-13-34(33-21)24-19(9-5-12-31-24)25(35)32-22(16-17-6-2-1-3-7-17)27(26(30)36)37-14-15-38-27/h1-15,22H,16H2,(H2,30,36)(H,32,35). The number of hydrogen-bond acceptors (Lipinski definition) is 6. The van der Waals surface area contributed by atoms with Crippen molar-refractivity contribution in [3.63, 3.8) is 0 Å². The predicted octanol–water partition coefficient (Wildman–Crippen LogP) is 3.77. The van der Waals surface area contributed by atoms with Crippen molar-refractivity contribution in [2.45, 2.75) is 18.2 Å². The number of nitrogens with one attached hydrogen (secondary N) is 1. The minimum Gasteiger partial charge on any atom is -0.447 e. The summed E-state index contributed by atoms with van der Waals surface area (Å²) in [5, 5.41) is 7.21. The van der Waals surface area contributed by atoms with Gasteiger partial charge in [-0.05, 0) is 29.8 Å². The Morgan fingerprint density at radius 1 is 1.05 bits per heavy atom. The molecular formula is C27H21ClFN5O4. The second-order valence-electron chi connectivity index (χ2n) is 8.38. The van der Waals surface area contributed by atoms with Gasteiger partial charge in [0.25, 0.3) is 5.91 Å². The number of carbonyl (C=O) groups is 2. The van der Waals surface area contributed by atoms with Gasteiger partial charge in [-0.25, -0.2) is 14.1 Å². The van der Waals surface area contributed by atoms with Crippen LogP contribution in [0.15, 0.2) is 91.6 Å². The summed E-state index contributed by atoms with van der Waals surface area (Å²) in [5.41, 5.74) is 7.40. The van der Waals surface area contributed by atoms with Crippen LogP contribution in [0.2, 0.25) is 5.02 Å². The number of amides is 2. The van der Waals surface area contributed by atoms with Crippen molar-refractivity contribution in [1.82, 2.24) is 20.1 Å². The molecule has 5 rings (SSSR count). The molecule has 9 nitrogen and oxygen atoms in total. The Kier molecular flexibility index (Phi) is 6.80. The van der Waals surface area contributed by atoms with E-state index in [9.17, 15) is 14.0 Å². The summed E-state index contributed by atoms with van der Waals surface area (Å²) in [7, 11) is 0. The number of nitrogens with two attached hydrogens (primary N) is 1. The van der Waals surface area contributed by atoms with E-state index in [2.05, 4.69) is 15.4 Å². The molecule has 0 spiro atoms. The second-order valence-corrected chi connectivity index (χ2v) is 8.75. The average molecular weight is 534 g/mol. The van der Waals surface area contributed by atoms with Crippen molar-refractivity contribution >= 4 is 23.4 Å². The minimum atomic E-state index is -1.94. The number of primary amides is 1. The van der Waals surface area contributed by atoms with Gasteiger partial charge in [-0.2, -0.15) is 5.10 Å². The largest absolute Gasteiger partial charge is 0.447 e. The van der Waals surface area contributed by atoms with E-state index in [-0.39, 0.29) is 22.8 Å². The Labute approximate surface area is 221 Å². The lowest BCUT2D eigenvalue weighted by Gasteiger charge is -2.33. The van der Waals surface area contributed by atoms with Gasteiger partial charge < -0.3 is 20.5 Å². The first-order valence-corrected chi connectivity index (χ1v) is 11.9. The summed E-state index contributed by atoms with van der Waals surface area (Å²) >= 11 is 6.12. The maximum atomic E-state index is 14.0. The van der Waals surface area contributed by atoms with Crippen molar-refractivity contribution in [1.29, 1.82) is 0 Å². The van der Waals surface area contributed by atoms with Gasteiger partial charge in [-0.1, -0.05) is 54.1 Å². The SMILES string of the molecule is NC(=O)C1(C(Cc2ccccc2)NC(=O)c2cccnc2-n2ccc(-c3cccc(F)c3Cl)n2)OC=CO1. The van der Waals surface area contributed by atoms with Gasteiger partial charge in [0.05, 0.1) is 16.3 Å². The molecule has 0 fully saturated rings. The van der Waals surface area contributed by atoms with E-state index in [0.717, 1.165) is 5.56 Å². The van der Waals surface area contributed by atoms with Crippen LogP contribution in [-0.2, 0) is 20.7 Å². The molecule has 0 bridgehead atoms. The molecule has 3 N–H and O–H groups in total. The first-order valence-electron chi connectivity index (χ1n) is 11.5. The summed E-state index contributed by atoms with van der Waals surface area (Å²) < 4.78 is 26.3. The smallest absolute Gasteiger partial charge is 0.352 e. The van der Waals surface area contributed by atoms with Crippen LogP contribution in [0.1, 0.15) is 15.9 Å². The fourth-order valence-electron chi connectivity index (χ4n) is 4.15. The minimum absolute atomic E-state index is 0.0672. The highest BCUT2D eigenvalue weighted by molar-refractivity contribution is 6.33. The highest BCUT2D eigenvalue weighted by Crippen LogP contribution is 2.30. The van der Waals surface area contributed by atoms with E-state index >= 15 is 0 Å². The molecule has 2 amide bonds. The Bertz CT molecular complexity index is 1520. The maximum absolute atomic E-state index is 14.0. The van der Waals surface area contributed by atoms with Gasteiger partial charge in [0.15, 0.2) is 5.82 Å². The molecule has 0 saturated carbocycles. The molecule has 0 aliphatic carbocycles. The van der Waals surface area contributed by atoms with E-state index < -0.39 is 29.5 Å². The molecule has 3 heterocycles. The molecule has 4 aromatic rings. The lowest BCUT2D eigenvalue weighted by Crippen LogP contribution is -2.61. The molecule has 1 aliphatic heterocycles. The molecule has 1 aliphatic rings. The van der Waals surface area contributed by atoms with Crippen LogP contribution in [0.5, 0.6) is 0 Å². The zero-order chi connectivity index (χ0) is 26.7. The monoisotopic (exact) mass is 533 g/mol. The van der Waals surface area contributed by atoms with Crippen LogP contribution < -0.4 is 11.1 Å². The average Bonchev–Trinajstić information content (AvgIpc) is 3.62. The summed E-state index contributed by atoms with van der Waals surface area (Å²) in [4.78, 5) is 30.4. The molecule has 2 aromatic heterocycles. The molecule has 0 radical (unpaired) electrons. The Morgan fingerprint density at radius 2 is 1.82 bits per heavy atom. The number of rotatable bonds is 8. The van der Waals surface area contributed by atoms with Crippen molar-refractivity contribution in [3.8, 4) is 17.1 Å². The third-order valence-corrected chi connectivity index (χ3v) is 6.38. The number of carbonyl (C=O) groups excluding carboxylic acids is 2. The Morgan fingerprint density at radius 3 is 2.55 bits per heavy atom. The quantitative estimate of drug-likeness (QED) is 0.355. The van der Waals surface area contributed by atoms with Crippen LogP contribution in [0, 0.1) is 5.82 Å². The third-order valence-electron chi connectivity index (χ3n) is 6.00. The summed E-state index contributed by atoms with van der Waals surface area (Å²) in [5.74, 6) is -3.80. The van der Waals surface area contributed by atoms with Crippen molar-refractivity contribution < 1.29 is 23.5 Å². The summed E-state index contributed by atoms with van der Waals surface area (Å²) in [6, 6.07) is 17.4. The van der Waals surface area contributed by atoms with Crippen LogP contribution in [-0.4, -0.2) is 38.4 Å². The number of hydrogen-bond donors (Lipinski definition) is 2. The number of benzene rings is 2. The van der Waals surface area contributed by atoms with Crippen LogP contribution in [0.25, 0.3) is 17.1 Å². The first kappa shape index (κ1) is 25.0. The number of pyridine rings is 1. The van der Waals surface area contributed by atoms with Gasteiger partial charge in [-0.3, -0.25) is 9.59 Å². The number of halogens is 2. The van der Waals surface area contributed by atoms with Crippen molar-refractivity contribution in [2.75, 3.05) is 0 Å². The predicted molar refractivity (Wildman–Crippen MR) is 136 cm³/mol. The molecule has 38 heavy (non-hydrogen) atoms. The number of ether oxygens (including phenoxy) is 2. The summed E-state index contributed by atoms with van der Waals surface area (Å²) in [6.07, 6.45) is 5.66. The van der Waals surface area contributed by atoms with Crippen molar-refractivity contribution in [3.05, 3.63) is 114 Å². The highest BCUT2D eigenvalue weighted by Gasteiger charge is 2.51. The molecule has 1 unspecified atom stereocenters. The van der Waals surface area contributed by atoms with E-state index in [0.29, 0.717) is 11.3 Å². The van der Waals surface area contributed by atoms with Crippen molar-refractivity contribution in [2.24, 2.45) is 5.73 Å². The molecule has 0 saturated heterocycles. The van der Waals surface area contributed by atoms with E-state index in [1.54, 1.807) is 30.5 Å². The lowest BCUT2D eigenvalue weighted by atomic mass is 9.97. The summed E-state index contributed by atoms with van der Waals surface area (Å²) in [6.45, 7) is 0. The molecule has 1 atom stereocenters. The topological polar surface area (TPSA) is 121 Å². The third kappa shape index (κ3) is 4.69. The van der Waals surface area contributed by atoms with Gasteiger partial charge >= 0.3 is 11.7 Å². The molecule has 192 valence electrons. The van der Waals surface area contributed by atoms with E-state index in [1.807, 2.05) is 30.3 Å². The lowest BCUT2D eigenvalue weighted by molar-refractivity contribution is -0.182. The molecule has 11 heteroatoms. The Hall–Kier alpha value is -4.70. The fourth-order valence-corrected chi connectivity index (χ4v) is 4.37. The van der Waals surface area contributed by atoms with Crippen LogP contribution in [0.3, 0.4) is 0 Å². The van der Waals surface area contributed by atoms with Gasteiger partial charge in [-0.15, -0.1) is 0 Å². The van der Waals surface area contributed by atoms with E-state index in [4.69, 9.17) is 26.8 Å². The Balaban J connectivity index is 1.47. The normalized spacial score (nSPS) is 14.4. The zero-order valence-electron chi connectivity index (χ0n) is 19.8. The van der Waals surface area contributed by atoms with Gasteiger partial charge in [0.2, 0.25) is 0 Å². The van der Waals surface area contributed by atoms with Gasteiger partial charge in [0.1, 0.15) is 24.4 Å². The van der Waals surface area contributed by atoms with E-state index in [1.165, 1.54) is 35.5 Å². The molecular weight excluding hydrogens is 513 g/mol. The molecule has 2 aromatic carbocycles. The second kappa shape index (κ2) is 10.3. The highest BCUT2D eigenvalue weighted by atomic mass is 35.5. The fraction of sp³-hybridized carbons (Fsp3) is 0.111. The van der Waals surface area contributed by atoms with Crippen LogP contribution >= 0.6 is 11.6 Å².